The van der Waals surface area contributed by atoms with Crippen molar-refractivity contribution in [2.45, 2.75) is 30.0 Å². The molecule has 1 aromatic heterocycles. The van der Waals surface area contributed by atoms with Gasteiger partial charge in [0.2, 0.25) is 0 Å². The molecule has 1 aromatic rings. The molecule has 2 aliphatic rings. The fourth-order valence-corrected chi connectivity index (χ4v) is 5.25. The van der Waals surface area contributed by atoms with Gasteiger partial charge in [-0.25, -0.2) is 0 Å². The topological polar surface area (TPSA) is 77.9 Å². The summed E-state index contributed by atoms with van der Waals surface area (Å²) in [6.45, 7) is 2.71. The number of aldehydes is 2. The molecule has 3 atom stereocenters. The van der Waals surface area contributed by atoms with Gasteiger partial charge in [-0.1, -0.05) is 0 Å². The summed E-state index contributed by atoms with van der Waals surface area (Å²) < 4.78 is 26.4. The molecule has 1 N–H and O–H groups in total. The molecule has 1 fully saturated rings. The number of carbonyl (C=O) groups excluding carboxylic acids is 2. The molecule has 2 aliphatic heterocycles. The standard InChI is InChI=1S/C18H23F2N5O2SSe/c1-12-14(10-27)15(23-16(22-12)17-21-3-6-28-17)9-25-11-18(19,29-20)7-13(25)8-24(2)4-5-26/h3,5-6,10,12-13H,4,7-9,11H2,1-2H3,(H,22,23). The van der Waals surface area contributed by atoms with Crippen LogP contribution in [0.1, 0.15) is 18.4 Å². The number of aliphatic imine (C=N–C) groups is 1. The van der Waals surface area contributed by atoms with Crippen LogP contribution in [0.4, 0.5) is 7.94 Å². The van der Waals surface area contributed by atoms with Crippen molar-refractivity contribution in [1.82, 2.24) is 20.1 Å². The van der Waals surface area contributed by atoms with E-state index in [2.05, 4.69) is 15.3 Å². The number of amidine groups is 1. The Kier molecular flexibility index (Phi) is 7.28. The average Bonchev–Trinajstić information content (AvgIpc) is 3.31. The zero-order valence-electron chi connectivity index (χ0n) is 16.2. The Hall–Kier alpha value is -1.52. The van der Waals surface area contributed by atoms with Gasteiger partial charge in [0.05, 0.1) is 0 Å². The zero-order valence-corrected chi connectivity index (χ0v) is 18.7. The number of hydrogen-bond donors (Lipinski definition) is 1. The number of carbonyl (C=O) groups is 2. The number of likely N-dealkylation sites (tertiary alicyclic amines) is 1. The van der Waals surface area contributed by atoms with E-state index in [9.17, 15) is 17.5 Å². The van der Waals surface area contributed by atoms with Gasteiger partial charge >= 0.3 is 179 Å². The van der Waals surface area contributed by atoms with Crippen molar-refractivity contribution in [3.05, 3.63) is 27.9 Å². The van der Waals surface area contributed by atoms with Crippen LogP contribution in [-0.4, -0.2) is 98.5 Å². The second kappa shape index (κ2) is 9.53. The third-order valence-corrected chi connectivity index (χ3v) is 7.04. The van der Waals surface area contributed by atoms with Crippen molar-refractivity contribution in [2.24, 2.45) is 4.99 Å². The number of aromatic nitrogens is 1. The summed E-state index contributed by atoms with van der Waals surface area (Å²) in [5.74, 6) is 0.572. The minimum absolute atomic E-state index is 0.0431. The van der Waals surface area contributed by atoms with Crippen molar-refractivity contribution < 1.29 is 17.5 Å². The first kappa shape index (κ1) is 22.2. The Labute approximate surface area is 178 Å². The molecular weight excluding hydrogens is 467 g/mol. The Balaban J connectivity index is 1.81. The average molecular weight is 490 g/mol. The van der Waals surface area contributed by atoms with Crippen molar-refractivity contribution in [3.8, 4) is 0 Å². The minimum atomic E-state index is -1.87. The summed E-state index contributed by atoms with van der Waals surface area (Å²) in [4.78, 5) is 34.9. The number of nitrogens with one attached hydrogen (secondary N) is 1. The number of nitrogens with zero attached hydrogens (tertiary/aromatic N) is 4. The molecule has 7 nitrogen and oxygen atoms in total. The van der Waals surface area contributed by atoms with Crippen LogP contribution in [0.15, 0.2) is 27.8 Å². The van der Waals surface area contributed by atoms with Crippen LogP contribution >= 0.6 is 11.3 Å². The quantitative estimate of drug-likeness (QED) is 0.408. The summed E-state index contributed by atoms with van der Waals surface area (Å²) in [5.41, 5.74) is 1.12. The van der Waals surface area contributed by atoms with E-state index in [4.69, 9.17) is 0 Å². The molecule has 1 saturated heterocycles. The summed E-state index contributed by atoms with van der Waals surface area (Å²) in [6.07, 6.45) is 3.29. The molecule has 0 amide bonds. The van der Waals surface area contributed by atoms with Crippen LogP contribution in [0.5, 0.6) is 0 Å². The molecule has 0 aromatic carbocycles. The second-order valence-corrected chi connectivity index (χ2v) is 10.0. The van der Waals surface area contributed by atoms with Crippen molar-refractivity contribution in [2.75, 3.05) is 33.2 Å². The molecule has 3 heterocycles. The van der Waals surface area contributed by atoms with Gasteiger partial charge in [0.15, 0.2) is 0 Å². The zero-order chi connectivity index (χ0) is 21.0. The summed E-state index contributed by atoms with van der Waals surface area (Å²) >= 11 is -0.220. The summed E-state index contributed by atoms with van der Waals surface area (Å²) in [6, 6.07) is -0.621. The first-order chi connectivity index (χ1) is 13.9. The van der Waals surface area contributed by atoms with E-state index in [0.29, 0.717) is 28.7 Å². The van der Waals surface area contributed by atoms with Crippen molar-refractivity contribution in [3.63, 3.8) is 0 Å². The maximum absolute atomic E-state index is 14.9. The van der Waals surface area contributed by atoms with Crippen LogP contribution < -0.4 is 5.32 Å². The van der Waals surface area contributed by atoms with Crippen LogP contribution in [0.3, 0.4) is 0 Å². The summed E-state index contributed by atoms with van der Waals surface area (Å²) in [7, 11) is 1.77. The molecule has 0 spiro atoms. The van der Waals surface area contributed by atoms with E-state index >= 15 is 0 Å². The van der Waals surface area contributed by atoms with E-state index in [1.807, 2.05) is 17.2 Å². The normalized spacial score (nSPS) is 27.8. The number of halogens is 2. The number of alkyl halides is 1. The van der Waals surface area contributed by atoms with Gasteiger partial charge in [0.25, 0.3) is 0 Å². The monoisotopic (exact) mass is 491 g/mol. The molecule has 0 bridgehead atoms. The van der Waals surface area contributed by atoms with Gasteiger partial charge in [-0.05, 0) is 0 Å². The molecule has 11 heteroatoms. The Bertz CT molecular complexity index is 806. The Morgan fingerprint density at radius 3 is 2.93 bits per heavy atom. The van der Waals surface area contributed by atoms with Gasteiger partial charge in [-0.3, -0.25) is 0 Å². The van der Waals surface area contributed by atoms with Gasteiger partial charge in [0, 0.05) is 0 Å². The van der Waals surface area contributed by atoms with Gasteiger partial charge in [-0.2, -0.15) is 0 Å². The molecule has 0 saturated carbocycles. The van der Waals surface area contributed by atoms with E-state index in [1.54, 1.807) is 18.1 Å². The van der Waals surface area contributed by atoms with Crippen LogP contribution in [0.2, 0.25) is 0 Å². The Morgan fingerprint density at radius 2 is 2.31 bits per heavy atom. The maximum atomic E-state index is 14.9. The molecule has 0 aliphatic carbocycles. The van der Waals surface area contributed by atoms with Gasteiger partial charge in [0.1, 0.15) is 0 Å². The number of rotatable bonds is 9. The van der Waals surface area contributed by atoms with Gasteiger partial charge < -0.3 is 0 Å². The summed E-state index contributed by atoms with van der Waals surface area (Å²) in [5, 5.41) is 5.72. The van der Waals surface area contributed by atoms with Crippen LogP contribution in [-0.2, 0) is 9.59 Å². The first-order valence-corrected chi connectivity index (χ1v) is 11.5. The van der Waals surface area contributed by atoms with Crippen molar-refractivity contribution >= 4 is 45.2 Å². The number of hydrogen-bond acceptors (Lipinski definition) is 8. The Morgan fingerprint density at radius 1 is 1.52 bits per heavy atom. The molecular formula is C18H23F2N5O2SSe. The van der Waals surface area contributed by atoms with E-state index in [-0.39, 0.29) is 38.1 Å². The predicted molar refractivity (Wildman–Crippen MR) is 109 cm³/mol. The van der Waals surface area contributed by atoms with E-state index in [0.717, 1.165) is 12.6 Å². The third-order valence-electron chi connectivity index (χ3n) is 5.06. The third kappa shape index (κ3) is 5.16. The molecule has 0 radical (unpaired) electrons. The van der Waals surface area contributed by atoms with Crippen LogP contribution in [0.25, 0.3) is 0 Å². The molecule has 158 valence electrons. The SMILES string of the molecule is CC1N=C(c2nccs2)NC(CN2CC(F)([Se]F)CC2CN(C)CC=O)=C1C=O. The molecule has 29 heavy (non-hydrogen) atoms. The predicted octanol–water partition coefficient (Wildman–Crippen LogP) is 0.794. The van der Waals surface area contributed by atoms with Crippen LogP contribution in [0, 0.1) is 0 Å². The van der Waals surface area contributed by atoms with Crippen molar-refractivity contribution in [1.29, 1.82) is 0 Å². The fourth-order valence-electron chi connectivity index (χ4n) is 3.68. The molecule has 3 rings (SSSR count). The molecule has 3 unspecified atom stereocenters. The van der Waals surface area contributed by atoms with Gasteiger partial charge in [-0.15, -0.1) is 0 Å². The first-order valence-electron chi connectivity index (χ1n) is 9.17. The second-order valence-electron chi connectivity index (χ2n) is 7.28. The fraction of sp³-hybridized carbons (Fsp3) is 0.556. The number of likely N-dealkylation sites (N-methyl/N-ethyl adjacent to an activating group) is 1. The number of thiazole rings is 1. The van der Waals surface area contributed by atoms with E-state index < -0.39 is 20.0 Å². The van der Waals surface area contributed by atoms with E-state index in [1.165, 1.54) is 11.3 Å².